The maximum atomic E-state index is 11.9. The van der Waals surface area contributed by atoms with Crippen LogP contribution in [0.1, 0.15) is 18.7 Å². The van der Waals surface area contributed by atoms with Crippen LogP contribution in [0.2, 0.25) is 0 Å². The Hall–Kier alpha value is -1.52. The molecule has 0 radical (unpaired) electrons. The Morgan fingerprint density at radius 1 is 1.48 bits per heavy atom. The van der Waals surface area contributed by atoms with E-state index < -0.39 is 41.3 Å². The molecule has 1 aromatic rings. The molecule has 4 N–H and O–H groups in total. The fraction of sp³-hybridized carbons (Fsp3) is 0.667. The molecule has 0 saturated carbocycles. The maximum absolute atomic E-state index is 11.9. The second kappa shape index (κ2) is 4.49. The summed E-state index contributed by atoms with van der Waals surface area (Å²) in [5.74, 6) is 0. The molecule has 21 heavy (non-hydrogen) atoms. The van der Waals surface area contributed by atoms with E-state index in [1.165, 1.54) is 13.1 Å². The van der Waals surface area contributed by atoms with Crippen molar-refractivity contribution >= 4 is 0 Å². The summed E-state index contributed by atoms with van der Waals surface area (Å²) in [6, 6.07) is -0.748. The van der Waals surface area contributed by atoms with Gasteiger partial charge in [0.15, 0.2) is 6.23 Å². The van der Waals surface area contributed by atoms with Crippen molar-refractivity contribution in [3.8, 4) is 0 Å². The molecule has 3 heterocycles. The second-order valence-corrected chi connectivity index (χ2v) is 5.62. The first kappa shape index (κ1) is 14.4. The predicted molar refractivity (Wildman–Crippen MR) is 68.9 cm³/mol. The first-order valence-electron chi connectivity index (χ1n) is 6.60. The van der Waals surface area contributed by atoms with Crippen LogP contribution in [-0.4, -0.2) is 60.4 Å². The third-order valence-corrected chi connectivity index (χ3v) is 4.45. The smallest absolute Gasteiger partial charge is 0.330 e. The number of H-pyrrole nitrogens is 1. The molecule has 9 nitrogen and oxygen atoms in total. The lowest BCUT2D eigenvalue weighted by molar-refractivity contribution is -0.162. The molecule has 0 spiro atoms. The monoisotopic (exact) mass is 299 g/mol. The Morgan fingerprint density at radius 2 is 2.14 bits per heavy atom. The van der Waals surface area contributed by atoms with Gasteiger partial charge in [-0.2, -0.15) is 5.06 Å². The lowest BCUT2D eigenvalue weighted by Gasteiger charge is -2.31. The number of aliphatic hydroxyl groups is 2. The quantitative estimate of drug-likeness (QED) is 0.469. The molecule has 5 atom stereocenters. The molecular weight excluding hydrogens is 282 g/mol. The number of hydrogen-bond donors (Lipinski definition) is 4. The van der Waals surface area contributed by atoms with E-state index >= 15 is 0 Å². The Balaban J connectivity index is 2.03. The summed E-state index contributed by atoms with van der Waals surface area (Å²) >= 11 is 0. The Kier molecular flexibility index (Phi) is 3.08. The molecule has 1 aromatic heterocycles. The minimum absolute atomic E-state index is 0.0162. The molecule has 0 amide bonds. The third kappa shape index (κ3) is 1.82. The number of rotatable bonds is 1. The molecule has 2 saturated heterocycles. The van der Waals surface area contributed by atoms with Crippen molar-refractivity contribution in [3.05, 3.63) is 32.6 Å². The number of nitrogens with one attached hydrogen (secondary N) is 1. The molecule has 116 valence electrons. The molecule has 0 aliphatic carbocycles. The van der Waals surface area contributed by atoms with Crippen LogP contribution >= 0.6 is 0 Å². The third-order valence-electron chi connectivity index (χ3n) is 4.45. The van der Waals surface area contributed by atoms with Crippen molar-refractivity contribution in [2.75, 3.05) is 6.54 Å². The lowest BCUT2D eigenvalue weighted by atomic mass is 9.89. The van der Waals surface area contributed by atoms with Gasteiger partial charge in [0.05, 0.1) is 12.6 Å². The minimum Gasteiger partial charge on any atom is -0.385 e. The maximum Gasteiger partial charge on any atom is 0.330 e. The van der Waals surface area contributed by atoms with Crippen LogP contribution in [0.4, 0.5) is 0 Å². The van der Waals surface area contributed by atoms with E-state index in [1.807, 2.05) is 0 Å². The molecular formula is C12H17N3O6. The van der Waals surface area contributed by atoms with Crippen molar-refractivity contribution < 1.29 is 20.2 Å². The first-order chi connectivity index (χ1) is 9.76. The van der Waals surface area contributed by atoms with Gasteiger partial charge in [0.2, 0.25) is 0 Å². The van der Waals surface area contributed by atoms with Crippen molar-refractivity contribution in [2.45, 2.75) is 43.9 Å². The van der Waals surface area contributed by atoms with E-state index in [1.54, 1.807) is 6.92 Å². The topological polar surface area (TPSA) is 128 Å². The van der Waals surface area contributed by atoms with Gasteiger partial charge < -0.3 is 20.2 Å². The Labute approximate surface area is 119 Å². The SMILES string of the molecule is Cc1cn([C@@H]2O[C@@H]3CN(O)[C@H](C)[C@]3(O)C2O)c(=O)[nH]c1=O. The predicted octanol–water partition coefficient (Wildman–Crippen LogP) is -2.07. The number of fused-ring (bicyclic) bond motifs is 1. The van der Waals surface area contributed by atoms with E-state index in [0.29, 0.717) is 0 Å². The second-order valence-electron chi connectivity index (χ2n) is 5.62. The number of hydroxylamine groups is 2. The van der Waals surface area contributed by atoms with Gasteiger partial charge in [0.25, 0.3) is 5.56 Å². The van der Waals surface area contributed by atoms with Gasteiger partial charge in [0, 0.05) is 11.8 Å². The number of aryl methyl sites for hydroxylation is 1. The van der Waals surface area contributed by atoms with Gasteiger partial charge >= 0.3 is 5.69 Å². The van der Waals surface area contributed by atoms with Gasteiger partial charge in [0.1, 0.15) is 17.8 Å². The summed E-state index contributed by atoms with van der Waals surface area (Å²) in [6.45, 7) is 3.09. The van der Waals surface area contributed by atoms with E-state index in [9.17, 15) is 25.0 Å². The van der Waals surface area contributed by atoms with Crippen LogP contribution in [0.25, 0.3) is 0 Å². The highest BCUT2D eigenvalue weighted by atomic mass is 16.6. The van der Waals surface area contributed by atoms with Gasteiger partial charge in [-0.1, -0.05) is 0 Å². The van der Waals surface area contributed by atoms with E-state index in [0.717, 1.165) is 9.63 Å². The Morgan fingerprint density at radius 3 is 2.76 bits per heavy atom. The summed E-state index contributed by atoms with van der Waals surface area (Å²) in [5, 5.41) is 31.5. The fourth-order valence-corrected chi connectivity index (χ4v) is 3.04. The summed E-state index contributed by atoms with van der Waals surface area (Å²) in [7, 11) is 0. The number of ether oxygens (including phenoxy) is 1. The average Bonchev–Trinajstić information content (AvgIpc) is 2.79. The molecule has 3 rings (SSSR count). The van der Waals surface area contributed by atoms with Crippen LogP contribution in [0.15, 0.2) is 15.8 Å². The first-order valence-corrected chi connectivity index (χ1v) is 6.60. The Bertz CT molecular complexity index is 684. The van der Waals surface area contributed by atoms with Crippen LogP contribution in [0.3, 0.4) is 0 Å². The highest BCUT2D eigenvalue weighted by Gasteiger charge is 2.64. The van der Waals surface area contributed by atoms with Crippen molar-refractivity contribution in [2.24, 2.45) is 0 Å². The molecule has 0 aromatic carbocycles. The number of hydrogen-bond acceptors (Lipinski definition) is 7. The summed E-state index contributed by atoms with van der Waals surface area (Å²) in [6.07, 6.45) is -2.10. The molecule has 9 heteroatoms. The van der Waals surface area contributed by atoms with Gasteiger partial charge in [-0.05, 0) is 13.8 Å². The zero-order valence-electron chi connectivity index (χ0n) is 11.6. The number of aliphatic hydroxyl groups excluding tert-OH is 1. The highest BCUT2D eigenvalue weighted by molar-refractivity contribution is 5.13. The molecule has 0 bridgehead atoms. The van der Waals surface area contributed by atoms with E-state index in [4.69, 9.17) is 4.74 Å². The molecule has 1 unspecified atom stereocenters. The van der Waals surface area contributed by atoms with Crippen molar-refractivity contribution in [1.82, 2.24) is 14.6 Å². The van der Waals surface area contributed by atoms with E-state index in [2.05, 4.69) is 4.98 Å². The van der Waals surface area contributed by atoms with Crippen LogP contribution in [0, 0.1) is 6.92 Å². The average molecular weight is 299 g/mol. The number of nitrogens with zero attached hydrogens (tertiary/aromatic N) is 2. The van der Waals surface area contributed by atoms with Gasteiger partial charge in [-0.25, -0.2) is 4.79 Å². The molecule has 2 aliphatic rings. The number of aromatic nitrogens is 2. The minimum atomic E-state index is -1.69. The summed E-state index contributed by atoms with van der Waals surface area (Å²) in [4.78, 5) is 25.4. The van der Waals surface area contributed by atoms with Crippen LogP contribution in [-0.2, 0) is 4.74 Å². The zero-order chi connectivity index (χ0) is 15.5. The normalized spacial score (nSPS) is 39.7. The summed E-state index contributed by atoms with van der Waals surface area (Å²) < 4.78 is 6.59. The van der Waals surface area contributed by atoms with E-state index in [-0.39, 0.29) is 12.1 Å². The van der Waals surface area contributed by atoms with Crippen LogP contribution in [0.5, 0.6) is 0 Å². The largest absolute Gasteiger partial charge is 0.385 e. The molecule has 2 fully saturated rings. The highest BCUT2D eigenvalue weighted by Crippen LogP contribution is 2.44. The van der Waals surface area contributed by atoms with Gasteiger partial charge in [-0.15, -0.1) is 0 Å². The molecule has 2 aliphatic heterocycles. The van der Waals surface area contributed by atoms with Crippen molar-refractivity contribution in [3.63, 3.8) is 0 Å². The van der Waals surface area contributed by atoms with Gasteiger partial charge in [-0.3, -0.25) is 14.3 Å². The zero-order valence-corrected chi connectivity index (χ0v) is 11.6. The summed E-state index contributed by atoms with van der Waals surface area (Å²) in [5.41, 5.74) is -2.65. The van der Waals surface area contributed by atoms with Crippen molar-refractivity contribution in [1.29, 1.82) is 0 Å². The standard InChI is InChI=1S/C12H17N3O6/c1-5-3-14(11(18)13-9(5)17)10-8(16)12(19)6(2)15(20)4-7(12)21-10/h3,6-8,10,16,19-20H,4H2,1-2H3,(H,13,17,18)/t6-,7-,8?,10-,12-/m1/s1. The lowest BCUT2D eigenvalue weighted by Crippen LogP contribution is -2.54. The fourth-order valence-electron chi connectivity index (χ4n) is 3.04. The van der Waals surface area contributed by atoms with Crippen LogP contribution < -0.4 is 11.2 Å². The number of aromatic amines is 1.